The number of hydrogen-bond donors (Lipinski definition) is 2. The van der Waals surface area contributed by atoms with Gasteiger partial charge in [0.2, 0.25) is 0 Å². The number of benzene rings is 1. The Morgan fingerprint density at radius 2 is 2.05 bits per heavy atom. The van der Waals surface area contributed by atoms with Crippen molar-refractivity contribution < 1.29 is 4.79 Å². The lowest BCUT2D eigenvalue weighted by Crippen LogP contribution is -2.32. The third-order valence-electron chi connectivity index (χ3n) is 3.31. The Kier molecular flexibility index (Phi) is 4.56. The highest BCUT2D eigenvalue weighted by molar-refractivity contribution is 6.07. The predicted octanol–water partition coefficient (Wildman–Crippen LogP) is 3.19. The van der Waals surface area contributed by atoms with Crippen LogP contribution in [0.15, 0.2) is 30.3 Å². The Bertz CT molecular complexity index is 610. The van der Waals surface area contributed by atoms with Crippen molar-refractivity contribution in [3.63, 3.8) is 0 Å². The van der Waals surface area contributed by atoms with Crippen LogP contribution in [0, 0.1) is 0 Å². The van der Waals surface area contributed by atoms with Crippen LogP contribution in [0.4, 0.5) is 5.82 Å². The summed E-state index contributed by atoms with van der Waals surface area (Å²) in [5, 5.41) is 7.07. The van der Waals surface area contributed by atoms with Gasteiger partial charge in [0.1, 0.15) is 5.82 Å². The maximum atomic E-state index is 12.4. The molecule has 0 bridgehead atoms. The smallest absolute Gasteiger partial charge is 0.252 e. The quantitative estimate of drug-likeness (QED) is 0.878. The maximum Gasteiger partial charge on any atom is 0.252 e. The SMILES string of the molecule is CCNc1cc(C(=O)NC(C)CC)c2ccccc2n1. The van der Waals surface area contributed by atoms with Gasteiger partial charge in [0.15, 0.2) is 0 Å². The van der Waals surface area contributed by atoms with Crippen molar-refractivity contribution >= 4 is 22.6 Å². The molecule has 4 nitrogen and oxygen atoms in total. The molecule has 0 fully saturated rings. The Morgan fingerprint density at radius 3 is 2.75 bits per heavy atom. The molecule has 1 unspecified atom stereocenters. The van der Waals surface area contributed by atoms with Gasteiger partial charge in [-0.1, -0.05) is 25.1 Å². The molecule has 4 heteroatoms. The standard InChI is InChI=1S/C16H21N3O/c1-4-11(3)18-16(20)13-10-15(17-5-2)19-14-9-7-6-8-12(13)14/h6-11H,4-5H2,1-3H3,(H,17,19)(H,18,20). The van der Waals surface area contributed by atoms with Gasteiger partial charge < -0.3 is 10.6 Å². The minimum Gasteiger partial charge on any atom is -0.370 e. The number of pyridine rings is 1. The molecule has 2 aromatic rings. The van der Waals surface area contributed by atoms with E-state index in [0.717, 1.165) is 29.7 Å². The van der Waals surface area contributed by atoms with E-state index in [4.69, 9.17) is 0 Å². The topological polar surface area (TPSA) is 54.0 Å². The van der Waals surface area contributed by atoms with Crippen molar-refractivity contribution in [1.29, 1.82) is 0 Å². The van der Waals surface area contributed by atoms with E-state index in [1.807, 2.05) is 44.2 Å². The third kappa shape index (κ3) is 3.07. The number of rotatable bonds is 5. The van der Waals surface area contributed by atoms with Crippen molar-refractivity contribution in [3.05, 3.63) is 35.9 Å². The van der Waals surface area contributed by atoms with E-state index in [1.165, 1.54) is 0 Å². The van der Waals surface area contributed by atoms with Crippen LogP contribution >= 0.6 is 0 Å². The fraction of sp³-hybridized carbons (Fsp3) is 0.375. The predicted molar refractivity (Wildman–Crippen MR) is 83.1 cm³/mol. The van der Waals surface area contributed by atoms with Gasteiger partial charge in [0.05, 0.1) is 11.1 Å². The molecule has 0 saturated heterocycles. The molecule has 1 aromatic carbocycles. The van der Waals surface area contributed by atoms with Crippen LogP contribution in [0.3, 0.4) is 0 Å². The summed E-state index contributed by atoms with van der Waals surface area (Å²) in [6.45, 7) is 6.85. The molecule has 0 aliphatic rings. The normalized spacial score (nSPS) is 12.2. The summed E-state index contributed by atoms with van der Waals surface area (Å²) in [5.74, 6) is 0.692. The molecule has 0 aliphatic carbocycles. The molecule has 2 N–H and O–H groups in total. The monoisotopic (exact) mass is 271 g/mol. The summed E-state index contributed by atoms with van der Waals surface area (Å²) in [4.78, 5) is 16.9. The Morgan fingerprint density at radius 1 is 1.30 bits per heavy atom. The zero-order valence-electron chi connectivity index (χ0n) is 12.2. The van der Waals surface area contributed by atoms with Crippen LogP contribution < -0.4 is 10.6 Å². The summed E-state index contributed by atoms with van der Waals surface area (Å²) in [7, 11) is 0. The first-order valence-corrected chi connectivity index (χ1v) is 7.10. The van der Waals surface area contributed by atoms with E-state index in [-0.39, 0.29) is 11.9 Å². The number of anilines is 1. The minimum absolute atomic E-state index is 0.0443. The number of aromatic nitrogens is 1. The molecular formula is C16H21N3O. The number of fused-ring (bicyclic) bond motifs is 1. The Balaban J connectivity index is 2.46. The molecule has 1 heterocycles. The van der Waals surface area contributed by atoms with E-state index in [2.05, 4.69) is 22.5 Å². The zero-order chi connectivity index (χ0) is 14.5. The average molecular weight is 271 g/mol. The Labute approximate surface area is 119 Å². The molecule has 0 saturated carbocycles. The first-order valence-electron chi connectivity index (χ1n) is 7.10. The molecule has 1 aromatic heterocycles. The van der Waals surface area contributed by atoms with Gasteiger partial charge in [-0.2, -0.15) is 0 Å². The van der Waals surface area contributed by atoms with Crippen LogP contribution in [-0.4, -0.2) is 23.5 Å². The summed E-state index contributed by atoms with van der Waals surface area (Å²) >= 11 is 0. The zero-order valence-corrected chi connectivity index (χ0v) is 12.2. The van der Waals surface area contributed by atoms with E-state index >= 15 is 0 Å². The van der Waals surface area contributed by atoms with Crippen molar-refractivity contribution in [1.82, 2.24) is 10.3 Å². The van der Waals surface area contributed by atoms with E-state index < -0.39 is 0 Å². The Hall–Kier alpha value is -2.10. The summed E-state index contributed by atoms with van der Waals surface area (Å²) in [6.07, 6.45) is 0.912. The van der Waals surface area contributed by atoms with Crippen molar-refractivity contribution in [2.75, 3.05) is 11.9 Å². The van der Waals surface area contributed by atoms with E-state index in [0.29, 0.717) is 5.56 Å². The molecule has 2 rings (SSSR count). The second kappa shape index (κ2) is 6.37. The molecule has 0 spiro atoms. The highest BCUT2D eigenvalue weighted by Gasteiger charge is 2.14. The maximum absolute atomic E-state index is 12.4. The van der Waals surface area contributed by atoms with Gasteiger partial charge in [0, 0.05) is 18.0 Å². The van der Waals surface area contributed by atoms with E-state index in [1.54, 1.807) is 0 Å². The molecule has 1 atom stereocenters. The first-order chi connectivity index (χ1) is 9.65. The van der Waals surface area contributed by atoms with Gasteiger partial charge in [-0.25, -0.2) is 4.98 Å². The van der Waals surface area contributed by atoms with Crippen LogP contribution in [0.5, 0.6) is 0 Å². The largest absolute Gasteiger partial charge is 0.370 e. The van der Waals surface area contributed by atoms with Gasteiger partial charge in [-0.3, -0.25) is 4.79 Å². The van der Waals surface area contributed by atoms with Gasteiger partial charge in [-0.15, -0.1) is 0 Å². The van der Waals surface area contributed by atoms with Crippen LogP contribution in [-0.2, 0) is 0 Å². The molecule has 0 aliphatic heterocycles. The van der Waals surface area contributed by atoms with Crippen LogP contribution in [0.2, 0.25) is 0 Å². The van der Waals surface area contributed by atoms with Crippen LogP contribution in [0.25, 0.3) is 10.9 Å². The summed E-state index contributed by atoms with van der Waals surface area (Å²) < 4.78 is 0. The number of carbonyl (C=O) groups excluding carboxylic acids is 1. The molecular weight excluding hydrogens is 250 g/mol. The molecule has 20 heavy (non-hydrogen) atoms. The highest BCUT2D eigenvalue weighted by Crippen LogP contribution is 2.21. The van der Waals surface area contributed by atoms with Crippen LogP contribution in [0.1, 0.15) is 37.6 Å². The number of nitrogens with zero attached hydrogens (tertiary/aromatic N) is 1. The number of amides is 1. The second-order valence-corrected chi connectivity index (χ2v) is 4.89. The second-order valence-electron chi connectivity index (χ2n) is 4.89. The lowest BCUT2D eigenvalue weighted by molar-refractivity contribution is 0.0941. The number of para-hydroxylation sites is 1. The fourth-order valence-electron chi connectivity index (χ4n) is 2.04. The lowest BCUT2D eigenvalue weighted by Gasteiger charge is -2.14. The van der Waals surface area contributed by atoms with Crippen molar-refractivity contribution in [3.8, 4) is 0 Å². The molecule has 1 amide bonds. The molecule has 0 radical (unpaired) electrons. The highest BCUT2D eigenvalue weighted by atomic mass is 16.1. The fourth-order valence-corrected chi connectivity index (χ4v) is 2.04. The number of nitrogens with one attached hydrogen (secondary N) is 2. The van der Waals surface area contributed by atoms with Gasteiger partial charge in [-0.05, 0) is 32.4 Å². The first kappa shape index (κ1) is 14.3. The molecule has 106 valence electrons. The average Bonchev–Trinajstić information content (AvgIpc) is 2.46. The third-order valence-corrected chi connectivity index (χ3v) is 3.31. The van der Waals surface area contributed by atoms with Gasteiger partial charge in [0.25, 0.3) is 5.91 Å². The van der Waals surface area contributed by atoms with Crippen molar-refractivity contribution in [2.45, 2.75) is 33.2 Å². The van der Waals surface area contributed by atoms with Gasteiger partial charge >= 0.3 is 0 Å². The number of carbonyl (C=O) groups is 1. The summed E-state index contributed by atoms with van der Waals surface area (Å²) in [6, 6.07) is 9.71. The summed E-state index contributed by atoms with van der Waals surface area (Å²) in [5.41, 5.74) is 1.51. The van der Waals surface area contributed by atoms with E-state index in [9.17, 15) is 4.79 Å². The minimum atomic E-state index is -0.0443. The number of hydrogen-bond acceptors (Lipinski definition) is 3. The lowest BCUT2D eigenvalue weighted by atomic mass is 10.1. The van der Waals surface area contributed by atoms with Crippen molar-refractivity contribution in [2.24, 2.45) is 0 Å².